The van der Waals surface area contributed by atoms with Crippen LogP contribution >= 0.6 is 0 Å². The predicted octanol–water partition coefficient (Wildman–Crippen LogP) is 1.23. The maximum atomic E-state index is 6.43. The molecule has 3 nitrogen and oxygen atoms in total. The van der Waals surface area contributed by atoms with Gasteiger partial charge in [0.1, 0.15) is 0 Å². The number of nitrogens with two attached hydrogens (primary N) is 1. The first-order chi connectivity index (χ1) is 3.18. The molecule has 0 unspecified atom stereocenters. The minimum absolute atomic E-state index is 0.583. The highest BCUT2D eigenvalue weighted by Crippen LogP contribution is 1.95. The van der Waals surface area contributed by atoms with Gasteiger partial charge in [-0.25, -0.2) is 5.53 Å². The van der Waals surface area contributed by atoms with Crippen LogP contribution in [-0.2, 0) is 0 Å². The molecule has 0 radical (unpaired) electrons. The first kappa shape index (κ1) is 6.14. The summed E-state index contributed by atoms with van der Waals surface area (Å²) in [6.07, 6.45) is 0. The van der Waals surface area contributed by atoms with E-state index in [4.69, 9.17) is 11.3 Å². The van der Waals surface area contributed by atoms with Gasteiger partial charge in [-0.1, -0.05) is 0 Å². The zero-order valence-electron chi connectivity index (χ0n) is 4.52. The molecule has 0 aliphatic rings. The molecule has 0 spiro atoms. The maximum Gasteiger partial charge on any atom is 0.0776 e. The monoisotopic (exact) mass is 99.1 g/mol. The van der Waals surface area contributed by atoms with E-state index in [2.05, 4.69) is 5.11 Å². The Morgan fingerprint density at radius 1 is 1.57 bits per heavy atom. The van der Waals surface area contributed by atoms with Gasteiger partial charge in [0.15, 0.2) is 0 Å². The quantitative estimate of drug-likeness (QED) is 0.477. The van der Waals surface area contributed by atoms with Crippen molar-refractivity contribution >= 4 is 0 Å². The fourth-order valence-electron chi connectivity index (χ4n) is 0.0882. The van der Waals surface area contributed by atoms with Gasteiger partial charge < -0.3 is 5.73 Å². The normalized spacial score (nSPS) is 12.9. The standard InChI is InChI=1S/C4H9N3/c1-3(5)4(2)7-6/h6H,5H2,1-2H3/b4-3-,7-6?. The van der Waals surface area contributed by atoms with Crippen LogP contribution in [0, 0.1) is 5.53 Å². The summed E-state index contributed by atoms with van der Waals surface area (Å²) in [5.74, 6) is 0. The molecule has 0 saturated heterocycles. The van der Waals surface area contributed by atoms with E-state index in [0.29, 0.717) is 11.4 Å². The molecule has 0 aromatic carbocycles. The van der Waals surface area contributed by atoms with Crippen molar-refractivity contribution in [2.24, 2.45) is 10.8 Å². The fourth-order valence-corrected chi connectivity index (χ4v) is 0.0882. The van der Waals surface area contributed by atoms with E-state index in [-0.39, 0.29) is 0 Å². The van der Waals surface area contributed by atoms with Crippen LogP contribution in [-0.4, -0.2) is 0 Å². The zero-order chi connectivity index (χ0) is 5.86. The molecule has 0 rings (SSSR count). The summed E-state index contributed by atoms with van der Waals surface area (Å²) in [5, 5.41) is 3.09. The first-order valence-electron chi connectivity index (χ1n) is 1.99. The Bertz CT molecular complexity index is 99.5. The lowest BCUT2D eigenvalue weighted by molar-refractivity contribution is 1.01. The third kappa shape index (κ3) is 1.92. The SMILES string of the molecule is C/C(N)=C(\C)N=N. The van der Waals surface area contributed by atoms with Crippen LogP contribution in [0.15, 0.2) is 16.5 Å². The van der Waals surface area contributed by atoms with E-state index >= 15 is 0 Å². The van der Waals surface area contributed by atoms with Crippen LogP contribution in [0.5, 0.6) is 0 Å². The molecule has 7 heavy (non-hydrogen) atoms. The third-order valence-corrected chi connectivity index (χ3v) is 0.738. The lowest BCUT2D eigenvalue weighted by atomic mass is 10.4. The second-order valence-corrected chi connectivity index (χ2v) is 1.38. The molecule has 3 N–H and O–H groups in total. The lowest BCUT2D eigenvalue weighted by Crippen LogP contribution is -1.92. The van der Waals surface area contributed by atoms with Gasteiger partial charge in [-0.15, -0.1) is 0 Å². The van der Waals surface area contributed by atoms with Crippen LogP contribution in [0.2, 0.25) is 0 Å². The fraction of sp³-hybridized carbons (Fsp3) is 0.500. The molecule has 0 amide bonds. The number of rotatable bonds is 1. The molecule has 0 saturated carbocycles. The van der Waals surface area contributed by atoms with E-state index in [0.717, 1.165) is 0 Å². The second-order valence-electron chi connectivity index (χ2n) is 1.38. The summed E-state index contributed by atoms with van der Waals surface area (Å²) in [7, 11) is 0. The zero-order valence-corrected chi connectivity index (χ0v) is 4.52. The van der Waals surface area contributed by atoms with Crippen molar-refractivity contribution in [3.63, 3.8) is 0 Å². The molecule has 0 aromatic rings. The van der Waals surface area contributed by atoms with Crippen LogP contribution in [0.3, 0.4) is 0 Å². The van der Waals surface area contributed by atoms with Gasteiger partial charge in [-0.05, 0) is 13.8 Å². The van der Waals surface area contributed by atoms with Gasteiger partial charge in [0.2, 0.25) is 0 Å². The van der Waals surface area contributed by atoms with Crippen molar-refractivity contribution in [2.75, 3.05) is 0 Å². The molecule has 0 bridgehead atoms. The molecule has 0 heterocycles. The molecule has 0 aliphatic carbocycles. The van der Waals surface area contributed by atoms with Crippen molar-refractivity contribution in [3.05, 3.63) is 11.4 Å². The molecule has 40 valence electrons. The van der Waals surface area contributed by atoms with Crippen molar-refractivity contribution in [3.8, 4) is 0 Å². The Hall–Kier alpha value is -0.860. The Kier molecular flexibility index (Phi) is 2.05. The van der Waals surface area contributed by atoms with Crippen molar-refractivity contribution in [1.29, 1.82) is 5.53 Å². The van der Waals surface area contributed by atoms with Gasteiger partial charge in [0.25, 0.3) is 0 Å². The van der Waals surface area contributed by atoms with Crippen LogP contribution in [0.1, 0.15) is 13.8 Å². The third-order valence-electron chi connectivity index (χ3n) is 0.738. The molecule has 0 aromatic heterocycles. The molecular formula is C4H9N3. The summed E-state index contributed by atoms with van der Waals surface area (Å²) in [4.78, 5) is 0. The molecular weight excluding hydrogens is 90.1 g/mol. The van der Waals surface area contributed by atoms with E-state index in [1.54, 1.807) is 13.8 Å². The van der Waals surface area contributed by atoms with Crippen LogP contribution in [0.25, 0.3) is 0 Å². The highest BCUT2D eigenvalue weighted by molar-refractivity contribution is 5.01. The van der Waals surface area contributed by atoms with Gasteiger partial charge in [0.05, 0.1) is 5.70 Å². The van der Waals surface area contributed by atoms with E-state index in [9.17, 15) is 0 Å². The summed E-state index contributed by atoms with van der Waals surface area (Å²) in [6, 6.07) is 0. The van der Waals surface area contributed by atoms with Crippen LogP contribution < -0.4 is 5.73 Å². The number of nitrogens with one attached hydrogen (secondary N) is 1. The van der Waals surface area contributed by atoms with Gasteiger partial charge in [-0.3, -0.25) is 0 Å². The molecule has 0 atom stereocenters. The van der Waals surface area contributed by atoms with E-state index in [1.165, 1.54) is 0 Å². The van der Waals surface area contributed by atoms with Crippen molar-refractivity contribution < 1.29 is 0 Å². The van der Waals surface area contributed by atoms with Gasteiger partial charge in [-0.2, -0.15) is 5.11 Å². The number of hydrogen-bond donors (Lipinski definition) is 2. The Morgan fingerprint density at radius 3 is 2.00 bits per heavy atom. The van der Waals surface area contributed by atoms with Crippen molar-refractivity contribution in [2.45, 2.75) is 13.8 Å². The number of nitrogens with zero attached hydrogens (tertiary/aromatic N) is 1. The smallest absolute Gasteiger partial charge is 0.0776 e. The molecule has 0 fully saturated rings. The minimum atomic E-state index is 0.583. The Morgan fingerprint density at radius 2 is 2.00 bits per heavy atom. The average Bonchev–Trinajstić information content (AvgIpc) is 1.65. The molecule has 0 aliphatic heterocycles. The van der Waals surface area contributed by atoms with Gasteiger partial charge in [0, 0.05) is 5.70 Å². The Labute approximate surface area is 42.7 Å². The summed E-state index contributed by atoms with van der Waals surface area (Å²) in [5.41, 5.74) is 12.8. The lowest BCUT2D eigenvalue weighted by Gasteiger charge is -1.88. The summed E-state index contributed by atoms with van der Waals surface area (Å²) < 4.78 is 0. The summed E-state index contributed by atoms with van der Waals surface area (Å²) >= 11 is 0. The van der Waals surface area contributed by atoms with Gasteiger partial charge >= 0.3 is 0 Å². The summed E-state index contributed by atoms with van der Waals surface area (Å²) in [6.45, 7) is 3.41. The highest BCUT2D eigenvalue weighted by Gasteiger charge is 1.82. The van der Waals surface area contributed by atoms with E-state index in [1.807, 2.05) is 0 Å². The number of allylic oxidation sites excluding steroid dienone is 2. The maximum absolute atomic E-state index is 6.43. The van der Waals surface area contributed by atoms with Crippen LogP contribution in [0.4, 0.5) is 0 Å². The molecule has 3 heteroatoms. The first-order valence-corrected chi connectivity index (χ1v) is 1.99. The second kappa shape index (κ2) is 2.34. The largest absolute Gasteiger partial charge is 0.401 e. The highest BCUT2D eigenvalue weighted by atomic mass is 15.0. The number of hydrogen-bond acceptors (Lipinski definition) is 3. The van der Waals surface area contributed by atoms with Crippen molar-refractivity contribution in [1.82, 2.24) is 0 Å². The average molecular weight is 99.1 g/mol. The Balaban J connectivity index is 3.98. The predicted molar refractivity (Wildman–Crippen MR) is 27.7 cm³/mol. The minimum Gasteiger partial charge on any atom is -0.401 e. The topological polar surface area (TPSA) is 62.2 Å². The van der Waals surface area contributed by atoms with E-state index < -0.39 is 0 Å².